The van der Waals surface area contributed by atoms with Crippen LogP contribution in [0.1, 0.15) is 38.2 Å². The molecule has 2 nitrogen and oxygen atoms in total. The van der Waals surface area contributed by atoms with Crippen molar-refractivity contribution in [3.8, 4) is 0 Å². The summed E-state index contributed by atoms with van der Waals surface area (Å²) in [7, 11) is 0. The standard InChI is InChI=1S/C15H20F3NO/c1-10-2-4-15(9-20,5-3-10)19-8-11-6-12(16)14(18)13(17)7-11/h6-7,10,19-20H,2-5,8-9H2,1H3. The molecule has 1 aromatic carbocycles. The summed E-state index contributed by atoms with van der Waals surface area (Å²) in [5, 5.41) is 12.8. The predicted octanol–water partition coefficient (Wildman–Crippen LogP) is 3.13. The number of hydrogen-bond acceptors (Lipinski definition) is 2. The number of hydrogen-bond donors (Lipinski definition) is 2. The molecule has 0 unspecified atom stereocenters. The van der Waals surface area contributed by atoms with Gasteiger partial charge < -0.3 is 10.4 Å². The Labute approximate surface area is 117 Å². The summed E-state index contributed by atoms with van der Waals surface area (Å²) in [6.45, 7) is 2.38. The Morgan fingerprint density at radius 1 is 1.20 bits per heavy atom. The molecule has 5 heteroatoms. The summed E-state index contributed by atoms with van der Waals surface area (Å²) in [4.78, 5) is 0. The van der Waals surface area contributed by atoms with E-state index in [1.807, 2.05) is 0 Å². The average Bonchev–Trinajstić information content (AvgIpc) is 2.44. The van der Waals surface area contributed by atoms with Crippen LogP contribution >= 0.6 is 0 Å². The zero-order chi connectivity index (χ0) is 14.8. The molecule has 0 heterocycles. The second-order valence-corrected chi connectivity index (χ2v) is 5.85. The average molecular weight is 287 g/mol. The van der Waals surface area contributed by atoms with E-state index >= 15 is 0 Å². The Kier molecular flexibility index (Phi) is 4.70. The van der Waals surface area contributed by atoms with Crippen LogP contribution in [-0.2, 0) is 6.54 Å². The van der Waals surface area contributed by atoms with Crippen molar-refractivity contribution < 1.29 is 18.3 Å². The van der Waals surface area contributed by atoms with Crippen LogP contribution in [0.3, 0.4) is 0 Å². The lowest BCUT2D eigenvalue weighted by atomic mass is 9.77. The van der Waals surface area contributed by atoms with Crippen molar-refractivity contribution in [2.45, 2.75) is 44.7 Å². The number of halogens is 3. The van der Waals surface area contributed by atoms with Crippen LogP contribution in [0.25, 0.3) is 0 Å². The van der Waals surface area contributed by atoms with Gasteiger partial charge in [0.15, 0.2) is 17.5 Å². The van der Waals surface area contributed by atoms with Crippen LogP contribution in [0.5, 0.6) is 0 Å². The molecule has 2 rings (SSSR count). The zero-order valence-corrected chi connectivity index (χ0v) is 11.6. The van der Waals surface area contributed by atoms with Crippen molar-refractivity contribution >= 4 is 0 Å². The predicted molar refractivity (Wildman–Crippen MR) is 70.6 cm³/mol. The second kappa shape index (κ2) is 6.14. The number of rotatable bonds is 4. The molecule has 1 saturated carbocycles. The highest BCUT2D eigenvalue weighted by Gasteiger charge is 2.33. The lowest BCUT2D eigenvalue weighted by Gasteiger charge is -2.39. The first kappa shape index (κ1) is 15.3. The van der Waals surface area contributed by atoms with Gasteiger partial charge in [-0.25, -0.2) is 13.2 Å². The molecule has 0 spiro atoms. The fourth-order valence-corrected chi connectivity index (χ4v) is 2.71. The minimum absolute atomic E-state index is 0.00806. The van der Waals surface area contributed by atoms with E-state index in [2.05, 4.69) is 12.2 Å². The third-order valence-electron chi connectivity index (χ3n) is 4.25. The Morgan fingerprint density at radius 2 is 1.75 bits per heavy atom. The Balaban J connectivity index is 2.03. The number of benzene rings is 1. The molecule has 1 aromatic rings. The number of aliphatic hydroxyl groups excluding tert-OH is 1. The molecule has 20 heavy (non-hydrogen) atoms. The molecule has 0 bridgehead atoms. The lowest BCUT2D eigenvalue weighted by molar-refractivity contribution is 0.104. The van der Waals surface area contributed by atoms with E-state index in [1.165, 1.54) is 0 Å². The van der Waals surface area contributed by atoms with Crippen molar-refractivity contribution in [1.29, 1.82) is 0 Å². The van der Waals surface area contributed by atoms with E-state index < -0.39 is 23.0 Å². The van der Waals surface area contributed by atoms with Gasteiger partial charge >= 0.3 is 0 Å². The van der Waals surface area contributed by atoms with E-state index in [4.69, 9.17) is 0 Å². The SMILES string of the molecule is CC1CCC(CO)(NCc2cc(F)c(F)c(F)c2)CC1. The normalized spacial score (nSPS) is 26.8. The summed E-state index contributed by atoms with van der Waals surface area (Å²) in [6, 6.07) is 1.98. The minimum Gasteiger partial charge on any atom is -0.394 e. The third-order valence-corrected chi connectivity index (χ3v) is 4.25. The van der Waals surface area contributed by atoms with Crippen molar-refractivity contribution in [2.24, 2.45) is 5.92 Å². The molecule has 0 atom stereocenters. The quantitative estimate of drug-likeness (QED) is 0.834. The summed E-state index contributed by atoms with van der Waals surface area (Å²) in [5.74, 6) is -3.18. The minimum atomic E-state index is -1.45. The topological polar surface area (TPSA) is 32.3 Å². The van der Waals surface area contributed by atoms with Gasteiger partial charge in [-0.05, 0) is 49.3 Å². The van der Waals surface area contributed by atoms with E-state index in [-0.39, 0.29) is 13.2 Å². The number of nitrogens with one attached hydrogen (secondary N) is 1. The fraction of sp³-hybridized carbons (Fsp3) is 0.600. The van der Waals surface area contributed by atoms with Crippen LogP contribution in [-0.4, -0.2) is 17.3 Å². The maximum Gasteiger partial charge on any atom is 0.194 e. The largest absolute Gasteiger partial charge is 0.394 e. The van der Waals surface area contributed by atoms with Gasteiger partial charge in [-0.1, -0.05) is 6.92 Å². The van der Waals surface area contributed by atoms with Gasteiger partial charge in [0, 0.05) is 12.1 Å². The highest BCUT2D eigenvalue weighted by atomic mass is 19.2. The van der Waals surface area contributed by atoms with Gasteiger partial charge in [-0.2, -0.15) is 0 Å². The van der Waals surface area contributed by atoms with Gasteiger partial charge in [0.1, 0.15) is 0 Å². The van der Waals surface area contributed by atoms with Crippen molar-refractivity contribution in [1.82, 2.24) is 5.32 Å². The van der Waals surface area contributed by atoms with Crippen LogP contribution in [0.4, 0.5) is 13.2 Å². The maximum absolute atomic E-state index is 13.1. The Hall–Kier alpha value is -1.07. The fourth-order valence-electron chi connectivity index (χ4n) is 2.71. The molecular formula is C15H20F3NO. The van der Waals surface area contributed by atoms with E-state index in [0.29, 0.717) is 11.5 Å². The molecule has 1 aliphatic rings. The third kappa shape index (κ3) is 3.33. The van der Waals surface area contributed by atoms with Gasteiger partial charge in [0.2, 0.25) is 0 Å². The van der Waals surface area contributed by atoms with Crippen LogP contribution in [0.2, 0.25) is 0 Å². The van der Waals surface area contributed by atoms with Crippen molar-refractivity contribution in [2.75, 3.05) is 6.61 Å². The summed E-state index contributed by atoms with van der Waals surface area (Å²) in [6.07, 6.45) is 3.69. The first-order valence-corrected chi connectivity index (χ1v) is 6.95. The zero-order valence-electron chi connectivity index (χ0n) is 11.6. The Bertz CT molecular complexity index is 447. The van der Waals surface area contributed by atoms with Crippen LogP contribution in [0.15, 0.2) is 12.1 Å². The van der Waals surface area contributed by atoms with Gasteiger partial charge in [-0.3, -0.25) is 0 Å². The Morgan fingerprint density at radius 3 is 2.25 bits per heavy atom. The molecule has 2 N–H and O–H groups in total. The van der Waals surface area contributed by atoms with Crippen LogP contribution in [0, 0.1) is 23.4 Å². The van der Waals surface area contributed by atoms with Crippen LogP contribution < -0.4 is 5.32 Å². The van der Waals surface area contributed by atoms with Crippen molar-refractivity contribution in [3.63, 3.8) is 0 Å². The molecule has 1 fully saturated rings. The molecule has 0 amide bonds. The first-order valence-electron chi connectivity index (χ1n) is 6.95. The maximum atomic E-state index is 13.1. The molecule has 1 aliphatic carbocycles. The molecule has 0 radical (unpaired) electrons. The molecule has 0 aliphatic heterocycles. The first-order chi connectivity index (χ1) is 9.46. The van der Waals surface area contributed by atoms with E-state index in [1.54, 1.807) is 0 Å². The highest BCUT2D eigenvalue weighted by molar-refractivity contribution is 5.19. The molecular weight excluding hydrogens is 267 g/mol. The smallest absolute Gasteiger partial charge is 0.194 e. The van der Waals surface area contributed by atoms with E-state index in [9.17, 15) is 18.3 Å². The summed E-state index contributed by atoms with van der Waals surface area (Å²) in [5.41, 5.74) is -0.0544. The second-order valence-electron chi connectivity index (χ2n) is 5.85. The number of aliphatic hydroxyl groups is 1. The summed E-state index contributed by atoms with van der Waals surface area (Å²) >= 11 is 0. The highest BCUT2D eigenvalue weighted by Crippen LogP contribution is 2.31. The van der Waals surface area contributed by atoms with Gasteiger partial charge in [0.25, 0.3) is 0 Å². The lowest BCUT2D eigenvalue weighted by Crippen LogP contribution is -2.50. The van der Waals surface area contributed by atoms with Crippen molar-refractivity contribution in [3.05, 3.63) is 35.1 Å². The molecule has 0 aromatic heterocycles. The monoisotopic (exact) mass is 287 g/mol. The van der Waals surface area contributed by atoms with Gasteiger partial charge in [-0.15, -0.1) is 0 Å². The molecule has 0 saturated heterocycles. The van der Waals surface area contributed by atoms with E-state index in [0.717, 1.165) is 37.8 Å². The summed E-state index contributed by atoms with van der Waals surface area (Å²) < 4.78 is 39.2. The van der Waals surface area contributed by atoms with Gasteiger partial charge in [0.05, 0.1) is 6.61 Å². The molecule has 112 valence electrons.